The zero-order chi connectivity index (χ0) is 15.2. The van der Waals surface area contributed by atoms with Crippen LogP contribution in [0, 0.1) is 0 Å². The quantitative estimate of drug-likeness (QED) is 0.713. The van der Waals surface area contributed by atoms with Gasteiger partial charge < -0.3 is 5.73 Å². The summed E-state index contributed by atoms with van der Waals surface area (Å²) < 4.78 is 26.2. The van der Waals surface area contributed by atoms with Gasteiger partial charge in [0.05, 0.1) is 5.02 Å². The molecular weight excluding hydrogens is 337 g/mol. The second kappa shape index (κ2) is 4.83. The molecule has 3 aromatic rings. The maximum Gasteiger partial charge on any atom is 0.272 e. The standard InChI is InChI=1S/C11H7Cl2N5O2S/c12-6-3-1-2-4-7(6)21(19,20)18-5-15-8-9(13)16-11(14)17-10(8)18/h1-5H,(H2,14,16,17). The average Bonchev–Trinajstić information content (AvgIpc) is 2.83. The molecule has 0 aliphatic heterocycles. The molecular formula is C11H7Cl2N5O2S. The number of imidazole rings is 1. The summed E-state index contributed by atoms with van der Waals surface area (Å²) in [5.74, 6) is -0.149. The summed E-state index contributed by atoms with van der Waals surface area (Å²) in [6.45, 7) is 0. The first-order valence-electron chi connectivity index (χ1n) is 5.57. The van der Waals surface area contributed by atoms with Crippen LogP contribution < -0.4 is 5.73 Å². The van der Waals surface area contributed by atoms with E-state index in [2.05, 4.69) is 15.0 Å². The van der Waals surface area contributed by atoms with Crippen molar-refractivity contribution in [3.63, 3.8) is 0 Å². The SMILES string of the molecule is Nc1nc(Cl)c2ncn(S(=O)(=O)c3ccccc3Cl)c2n1. The molecule has 2 N–H and O–H groups in total. The number of nitrogens with two attached hydrogens (primary N) is 1. The number of benzene rings is 1. The summed E-state index contributed by atoms with van der Waals surface area (Å²) in [6, 6.07) is 6.05. The molecule has 0 fully saturated rings. The van der Waals surface area contributed by atoms with Gasteiger partial charge >= 0.3 is 0 Å². The first-order chi connectivity index (χ1) is 9.91. The third-order valence-electron chi connectivity index (χ3n) is 2.71. The lowest BCUT2D eigenvalue weighted by atomic mass is 10.4. The summed E-state index contributed by atoms with van der Waals surface area (Å²) in [4.78, 5) is 11.4. The summed E-state index contributed by atoms with van der Waals surface area (Å²) in [7, 11) is -3.97. The van der Waals surface area contributed by atoms with E-state index in [4.69, 9.17) is 28.9 Å². The second-order valence-corrected chi connectivity index (χ2v) is 6.57. The molecule has 0 unspecified atom stereocenters. The third-order valence-corrected chi connectivity index (χ3v) is 5.12. The van der Waals surface area contributed by atoms with E-state index in [0.29, 0.717) is 0 Å². The summed E-state index contributed by atoms with van der Waals surface area (Å²) in [6.07, 6.45) is 1.09. The van der Waals surface area contributed by atoms with Crippen LogP contribution in [0.15, 0.2) is 35.5 Å². The first-order valence-corrected chi connectivity index (χ1v) is 7.77. The van der Waals surface area contributed by atoms with Crippen molar-refractivity contribution in [2.45, 2.75) is 4.90 Å². The Hall–Kier alpha value is -1.90. The molecule has 2 heterocycles. The van der Waals surface area contributed by atoms with Gasteiger partial charge in [0.25, 0.3) is 10.0 Å². The second-order valence-electron chi connectivity index (χ2n) is 4.02. The van der Waals surface area contributed by atoms with Gasteiger partial charge in [-0.2, -0.15) is 9.97 Å². The Labute approximate surface area is 129 Å². The minimum atomic E-state index is -3.97. The molecule has 0 bridgehead atoms. The molecule has 0 atom stereocenters. The molecule has 21 heavy (non-hydrogen) atoms. The first kappa shape index (κ1) is 14.1. The lowest BCUT2D eigenvalue weighted by Crippen LogP contribution is -2.13. The monoisotopic (exact) mass is 343 g/mol. The van der Waals surface area contributed by atoms with E-state index in [9.17, 15) is 8.42 Å². The van der Waals surface area contributed by atoms with E-state index >= 15 is 0 Å². The normalized spacial score (nSPS) is 11.9. The lowest BCUT2D eigenvalue weighted by molar-refractivity contribution is 0.588. The van der Waals surface area contributed by atoms with Gasteiger partial charge in [0.15, 0.2) is 10.8 Å². The summed E-state index contributed by atoms with van der Waals surface area (Å²) in [5.41, 5.74) is 5.63. The molecule has 0 saturated heterocycles. The van der Waals surface area contributed by atoms with Crippen LogP contribution in [0.3, 0.4) is 0 Å². The molecule has 10 heteroatoms. The number of halogens is 2. The number of fused-ring (bicyclic) bond motifs is 1. The number of nitrogens with zero attached hydrogens (tertiary/aromatic N) is 4. The largest absolute Gasteiger partial charge is 0.368 e. The van der Waals surface area contributed by atoms with Crippen LogP contribution in [0.1, 0.15) is 0 Å². The van der Waals surface area contributed by atoms with Crippen LogP contribution in [0.5, 0.6) is 0 Å². The molecule has 0 spiro atoms. The molecule has 108 valence electrons. The minimum absolute atomic E-state index is 0.00702. The Kier molecular flexibility index (Phi) is 3.23. The minimum Gasteiger partial charge on any atom is -0.368 e. The molecule has 2 aromatic heterocycles. The van der Waals surface area contributed by atoms with Gasteiger partial charge in [-0.3, -0.25) is 0 Å². The Morgan fingerprint density at radius 1 is 1.14 bits per heavy atom. The lowest BCUT2D eigenvalue weighted by Gasteiger charge is -2.07. The Bertz CT molecular complexity index is 954. The van der Waals surface area contributed by atoms with Crippen LogP contribution in [0.25, 0.3) is 11.2 Å². The van der Waals surface area contributed by atoms with Gasteiger partial charge in [0.2, 0.25) is 5.95 Å². The van der Waals surface area contributed by atoms with Crippen molar-refractivity contribution in [2.24, 2.45) is 0 Å². The Balaban J connectivity index is 2.33. The predicted octanol–water partition coefficient (Wildman–Crippen LogP) is 1.95. The van der Waals surface area contributed by atoms with Crippen molar-refractivity contribution in [3.8, 4) is 0 Å². The highest BCUT2D eigenvalue weighted by molar-refractivity contribution is 7.90. The summed E-state index contributed by atoms with van der Waals surface area (Å²) in [5, 5.41) is 0.0677. The van der Waals surface area contributed by atoms with Gasteiger partial charge in [-0.05, 0) is 12.1 Å². The number of hydrogen-bond donors (Lipinski definition) is 1. The van der Waals surface area contributed by atoms with Crippen LogP contribution in [-0.2, 0) is 10.0 Å². The number of aromatic nitrogens is 4. The van der Waals surface area contributed by atoms with E-state index < -0.39 is 10.0 Å². The predicted molar refractivity (Wildman–Crippen MR) is 78.8 cm³/mol. The van der Waals surface area contributed by atoms with Crippen LogP contribution in [0.2, 0.25) is 10.2 Å². The molecule has 1 aromatic carbocycles. The van der Waals surface area contributed by atoms with E-state index in [0.717, 1.165) is 10.3 Å². The number of nitrogen functional groups attached to an aromatic ring is 1. The molecule has 0 amide bonds. The van der Waals surface area contributed by atoms with Gasteiger partial charge in [0.1, 0.15) is 16.7 Å². The van der Waals surface area contributed by atoms with Gasteiger partial charge in [-0.15, -0.1) is 0 Å². The molecule has 7 nitrogen and oxygen atoms in total. The van der Waals surface area contributed by atoms with Crippen molar-refractivity contribution in [2.75, 3.05) is 5.73 Å². The third kappa shape index (κ3) is 2.21. The summed E-state index contributed by atoms with van der Waals surface area (Å²) >= 11 is 11.8. The van der Waals surface area contributed by atoms with Crippen molar-refractivity contribution in [1.82, 2.24) is 18.9 Å². The highest BCUT2D eigenvalue weighted by Crippen LogP contribution is 2.27. The zero-order valence-electron chi connectivity index (χ0n) is 10.2. The molecule has 0 aliphatic rings. The Morgan fingerprint density at radius 2 is 1.86 bits per heavy atom. The molecule has 0 aliphatic carbocycles. The fourth-order valence-electron chi connectivity index (χ4n) is 1.80. The molecule has 0 radical (unpaired) electrons. The smallest absolute Gasteiger partial charge is 0.272 e. The van der Waals surface area contributed by atoms with E-state index in [1.165, 1.54) is 12.1 Å². The number of hydrogen-bond acceptors (Lipinski definition) is 6. The fraction of sp³-hybridized carbons (Fsp3) is 0. The number of anilines is 1. The van der Waals surface area contributed by atoms with Crippen LogP contribution in [0.4, 0.5) is 5.95 Å². The average molecular weight is 344 g/mol. The van der Waals surface area contributed by atoms with Crippen molar-refractivity contribution in [1.29, 1.82) is 0 Å². The topological polar surface area (TPSA) is 104 Å². The van der Waals surface area contributed by atoms with Gasteiger partial charge in [0, 0.05) is 0 Å². The van der Waals surface area contributed by atoms with E-state index in [-0.39, 0.29) is 32.2 Å². The maximum absolute atomic E-state index is 12.6. The molecule has 3 rings (SSSR count). The molecule has 0 saturated carbocycles. The van der Waals surface area contributed by atoms with E-state index in [1.807, 2.05) is 0 Å². The maximum atomic E-state index is 12.6. The van der Waals surface area contributed by atoms with Crippen molar-refractivity contribution in [3.05, 3.63) is 40.8 Å². The van der Waals surface area contributed by atoms with E-state index in [1.54, 1.807) is 12.1 Å². The number of rotatable bonds is 2. The van der Waals surface area contributed by atoms with Crippen molar-refractivity contribution >= 4 is 50.3 Å². The fourth-order valence-corrected chi connectivity index (χ4v) is 3.75. The van der Waals surface area contributed by atoms with Gasteiger partial charge in [-0.1, -0.05) is 35.3 Å². The van der Waals surface area contributed by atoms with Crippen molar-refractivity contribution < 1.29 is 8.42 Å². The highest BCUT2D eigenvalue weighted by atomic mass is 35.5. The van der Waals surface area contributed by atoms with Crippen LogP contribution >= 0.6 is 23.2 Å². The van der Waals surface area contributed by atoms with Crippen LogP contribution in [-0.4, -0.2) is 27.3 Å². The Morgan fingerprint density at radius 3 is 2.57 bits per heavy atom. The van der Waals surface area contributed by atoms with Gasteiger partial charge in [-0.25, -0.2) is 17.4 Å². The highest BCUT2D eigenvalue weighted by Gasteiger charge is 2.24. The zero-order valence-corrected chi connectivity index (χ0v) is 12.6.